The van der Waals surface area contributed by atoms with Crippen LogP contribution in [0.5, 0.6) is 0 Å². The average Bonchev–Trinajstić information content (AvgIpc) is 2.35. The lowest BCUT2D eigenvalue weighted by Crippen LogP contribution is -2.32. The number of ether oxygens (including phenoxy) is 1. The molecule has 0 saturated carbocycles. The van der Waals surface area contributed by atoms with Crippen LogP contribution in [0.25, 0.3) is 0 Å². The molecule has 1 aromatic rings. The maximum Gasteiger partial charge on any atom is 0.128 e. The predicted molar refractivity (Wildman–Crippen MR) is 75.8 cm³/mol. The van der Waals surface area contributed by atoms with Crippen molar-refractivity contribution in [1.29, 1.82) is 0 Å². The molecule has 1 heterocycles. The maximum absolute atomic E-state index is 5.99. The molecule has 0 aliphatic heterocycles. The second-order valence-electron chi connectivity index (χ2n) is 4.18. The smallest absolute Gasteiger partial charge is 0.128 e. The number of nitrogens with zero attached hydrogens (tertiary/aromatic N) is 1. The van der Waals surface area contributed by atoms with Crippen LogP contribution in [0.2, 0.25) is 5.02 Å². The van der Waals surface area contributed by atoms with Gasteiger partial charge >= 0.3 is 0 Å². The maximum atomic E-state index is 5.99. The fourth-order valence-electron chi connectivity index (χ4n) is 2.10. The van der Waals surface area contributed by atoms with Gasteiger partial charge in [-0.15, -0.1) is 0 Å². The molecule has 1 rings (SSSR count). The van der Waals surface area contributed by atoms with Crippen molar-refractivity contribution >= 4 is 17.4 Å². The van der Waals surface area contributed by atoms with Crippen molar-refractivity contribution in [3.05, 3.63) is 22.8 Å². The number of pyridine rings is 1. The van der Waals surface area contributed by atoms with E-state index >= 15 is 0 Å². The van der Waals surface area contributed by atoms with Gasteiger partial charge in [-0.25, -0.2) is 4.98 Å². The second kappa shape index (κ2) is 7.56. The summed E-state index contributed by atoms with van der Waals surface area (Å²) in [6.07, 6.45) is 3.65. The van der Waals surface area contributed by atoms with Crippen LogP contribution in [0.15, 0.2) is 12.3 Å². The quantitative estimate of drug-likeness (QED) is 0.801. The Bertz CT molecular complexity index is 367. The van der Waals surface area contributed by atoms with E-state index in [4.69, 9.17) is 22.1 Å². The number of rotatable bonds is 7. The van der Waals surface area contributed by atoms with Crippen molar-refractivity contribution in [2.24, 2.45) is 0 Å². The van der Waals surface area contributed by atoms with Crippen LogP contribution in [0.1, 0.15) is 38.3 Å². The molecule has 0 bridgehead atoms. The SMILES string of the molecule is CCCC(OCC)C(NC)c1cc(Cl)cnc1N. The molecule has 5 heteroatoms. The van der Waals surface area contributed by atoms with Gasteiger partial charge in [0.25, 0.3) is 0 Å². The summed E-state index contributed by atoms with van der Waals surface area (Å²) in [7, 11) is 1.90. The molecule has 0 saturated heterocycles. The van der Waals surface area contributed by atoms with Crippen LogP contribution >= 0.6 is 11.6 Å². The largest absolute Gasteiger partial charge is 0.383 e. The lowest BCUT2D eigenvalue weighted by Gasteiger charge is -2.27. The number of anilines is 1. The van der Waals surface area contributed by atoms with Gasteiger partial charge in [0, 0.05) is 18.4 Å². The van der Waals surface area contributed by atoms with E-state index < -0.39 is 0 Å². The summed E-state index contributed by atoms with van der Waals surface area (Å²) in [6, 6.07) is 1.86. The van der Waals surface area contributed by atoms with E-state index in [9.17, 15) is 0 Å². The van der Waals surface area contributed by atoms with E-state index in [0.29, 0.717) is 17.4 Å². The zero-order valence-corrected chi connectivity index (χ0v) is 12.0. The summed E-state index contributed by atoms with van der Waals surface area (Å²) >= 11 is 5.99. The number of likely N-dealkylation sites (N-methyl/N-ethyl adjacent to an activating group) is 1. The molecule has 2 unspecified atom stereocenters. The second-order valence-corrected chi connectivity index (χ2v) is 4.61. The van der Waals surface area contributed by atoms with Crippen LogP contribution in [-0.2, 0) is 4.74 Å². The first-order valence-electron chi connectivity index (χ1n) is 6.33. The first-order valence-corrected chi connectivity index (χ1v) is 6.71. The van der Waals surface area contributed by atoms with Gasteiger partial charge in [-0.2, -0.15) is 0 Å². The highest BCUT2D eigenvalue weighted by molar-refractivity contribution is 6.30. The summed E-state index contributed by atoms with van der Waals surface area (Å²) in [5.74, 6) is 0.500. The zero-order chi connectivity index (χ0) is 13.5. The highest BCUT2D eigenvalue weighted by Gasteiger charge is 2.24. The average molecular weight is 272 g/mol. The van der Waals surface area contributed by atoms with Crippen molar-refractivity contribution in [3.63, 3.8) is 0 Å². The van der Waals surface area contributed by atoms with Crippen LogP contribution < -0.4 is 11.1 Å². The monoisotopic (exact) mass is 271 g/mol. The summed E-state index contributed by atoms with van der Waals surface area (Å²) in [6.45, 7) is 4.81. The Labute approximate surface area is 114 Å². The summed E-state index contributed by atoms with van der Waals surface area (Å²) < 4.78 is 5.80. The lowest BCUT2D eigenvalue weighted by molar-refractivity contribution is 0.0296. The zero-order valence-electron chi connectivity index (χ0n) is 11.2. The molecular formula is C13H22ClN3O. The molecule has 1 aromatic heterocycles. The number of nitrogens with one attached hydrogen (secondary N) is 1. The van der Waals surface area contributed by atoms with Gasteiger partial charge in [-0.05, 0) is 26.5 Å². The minimum Gasteiger partial charge on any atom is -0.383 e. The van der Waals surface area contributed by atoms with Gasteiger partial charge in [0.15, 0.2) is 0 Å². The van der Waals surface area contributed by atoms with Crippen LogP contribution in [0.3, 0.4) is 0 Å². The first kappa shape index (κ1) is 15.2. The molecule has 18 heavy (non-hydrogen) atoms. The number of hydrogen-bond acceptors (Lipinski definition) is 4. The Morgan fingerprint density at radius 2 is 2.22 bits per heavy atom. The molecule has 0 amide bonds. The molecule has 0 spiro atoms. The van der Waals surface area contributed by atoms with Crippen molar-refractivity contribution < 1.29 is 4.74 Å². The van der Waals surface area contributed by atoms with Crippen LogP contribution in [-0.4, -0.2) is 24.7 Å². The normalized spacial score (nSPS) is 14.4. The first-order chi connectivity index (χ1) is 8.63. The Hall–Kier alpha value is -0.840. The standard InChI is InChI=1S/C13H22ClN3O/c1-4-6-11(18-5-2)12(16-3)10-7-9(14)8-17-13(10)15/h7-8,11-12,16H,4-6H2,1-3H3,(H2,15,17). The molecule has 0 aromatic carbocycles. The molecule has 0 fully saturated rings. The fraction of sp³-hybridized carbons (Fsp3) is 0.615. The molecule has 3 N–H and O–H groups in total. The van der Waals surface area contributed by atoms with E-state index in [1.54, 1.807) is 6.20 Å². The topological polar surface area (TPSA) is 60.2 Å². The van der Waals surface area contributed by atoms with Gasteiger partial charge in [0.2, 0.25) is 0 Å². The van der Waals surface area contributed by atoms with E-state index in [1.165, 1.54) is 0 Å². The third-order valence-electron chi connectivity index (χ3n) is 2.89. The van der Waals surface area contributed by atoms with E-state index in [2.05, 4.69) is 17.2 Å². The Morgan fingerprint density at radius 1 is 1.50 bits per heavy atom. The van der Waals surface area contributed by atoms with E-state index in [1.807, 2.05) is 20.0 Å². The van der Waals surface area contributed by atoms with Crippen LogP contribution in [0, 0.1) is 0 Å². The van der Waals surface area contributed by atoms with Crippen molar-refractivity contribution in [3.8, 4) is 0 Å². The Kier molecular flexibility index (Phi) is 6.39. The van der Waals surface area contributed by atoms with Crippen molar-refractivity contribution in [1.82, 2.24) is 10.3 Å². The highest BCUT2D eigenvalue weighted by atomic mass is 35.5. The Morgan fingerprint density at radius 3 is 2.78 bits per heavy atom. The van der Waals surface area contributed by atoms with Gasteiger partial charge < -0.3 is 15.8 Å². The minimum atomic E-state index is 0.0103. The molecule has 0 radical (unpaired) electrons. The summed E-state index contributed by atoms with van der Waals surface area (Å²) in [5, 5.41) is 3.84. The van der Waals surface area contributed by atoms with E-state index in [0.717, 1.165) is 18.4 Å². The highest BCUT2D eigenvalue weighted by Crippen LogP contribution is 2.27. The molecule has 0 aliphatic carbocycles. The van der Waals surface area contributed by atoms with Gasteiger partial charge in [0.05, 0.1) is 17.2 Å². The number of nitrogen functional groups attached to an aromatic ring is 1. The number of halogens is 1. The number of nitrogens with two attached hydrogens (primary N) is 1. The van der Waals surface area contributed by atoms with Crippen molar-refractivity contribution in [2.45, 2.75) is 38.8 Å². The molecule has 0 aliphatic rings. The number of hydrogen-bond donors (Lipinski definition) is 2. The summed E-state index contributed by atoms with van der Waals surface area (Å²) in [4.78, 5) is 4.10. The fourth-order valence-corrected chi connectivity index (χ4v) is 2.27. The Balaban J connectivity index is 3.01. The number of aromatic nitrogens is 1. The van der Waals surface area contributed by atoms with Gasteiger partial charge in [0.1, 0.15) is 5.82 Å². The van der Waals surface area contributed by atoms with Crippen molar-refractivity contribution in [2.75, 3.05) is 19.4 Å². The molecule has 4 nitrogen and oxygen atoms in total. The molecular weight excluding hydrogens is 250 g/mol. The van der Waals surface area contributed by atoms with Gasteiger partial charge in [-0.1, -0.05) is 24.9 Å². The van der Waals surface area contributed by atoms with Gasteiger partial charge in [-0.3, -0.25) is 0 Å². The molecule has 2 atom stereocenters. The lowest BCUT2D eigenvalue weighted by atomic mass is 9.98. The van der Waals surface area contributed by atoms with E-state index in [-0.39, 0.29) is 12.1 Å². The third kappa shape index (κ3) is 3.83. The summed E-state index contributed by atoms with van der Waals surface area (Å²) in [5.41, 5.74) is 6.83. The third-order valence-corrected chi connectivity index (χ3v) is 3.09. The predicted octanol–water partition coefficient (Wildman–Crippen LogP) is 2.78. The minimum absolute atomic E-state index is 0.0103. The molecule has 102 valence electrons. The van der Waals surface area contributed by atoms with Crippen LogP contribution in [0.4, 0.5) is 5.82 Å².